The molecular weight excluding hydrogens is 775 g/mol. The molecule has 0 amide bonds. The molecule has 1 heterocycles. The van der Waals surface area contributed by atoms with Crippen molar-refractivity contribution in [2.24, 2.45) is 0 Å². The van der Waals surface area contributed by atoms with Crippen molar-refractivity contribution in [1.82, 2.24) is 4.57 Å². The van der Waals surface area contributed by atoms with Crippen LogP contribution in [0.3, 0.4) is 0 Å². The molecular formula is C61H45N3. The number of fused-ring (bicyclic) bond motifs is 7. The third-order valence-corrected chi connectivity index (χ3v) is 13.4. The molecule has 1 aliphatic rings. The van der Waals surface area contributed by atoms with Crippen LogP contribution in [0, 0.1) is 0 Å². The molecule has 0 aliphatic heterocycles. The van der Waals surface area contributed by atoms with Gasteiger partial charge in [-0.05, 0) is 136 Å². The minimum absolute atomic E-state index is 0.127. The molecule has 0 fully saturated rings. The third-order valence-electron chi connectivity index (χ3n) is 13.4. The van der Waals surface area contributed by atoms with E-state index in [0.29, 0.717) is 0 Å². The van der Waals surface area contributed by atoms with Crippen LogP contribution in [0.25, 0.3) is 60.5 Å². The number of rotatable bonds is 8. The van der Waals surface area contributed by atoms with Crippen molar-refractivity contribution >= 4 is 66.7 Å². The highest BCUT2D eigenvalue weighted by molar-refractivity contribution is 6.10. The normalized spacial score (nSPS) is 12.7. The van der Waals surface area contributed by atoms with E-state index >= 15 is 0 Å². The van der Waals surface area contributed by atoms with Gasteiger partial charge in [0, 0.05) is 55.7 Å². The van der Waals surface area contributed by atoms with Crippen LogP contribution in [0.15, 0.2) is 237 Å². The van der Waals surface area contributed by atoms with Gasteiger partial charge in [-0.25, -0.2) is 0 Å². The Balaban J connectivity index is 0.970. The number of nitrogens with zero attached hydrogens (tertiary/aromatic N) is 3. The second-order valence-corrected chi connectivity index (χ2v) is 17.4. The molecule has 0 unspecified atom stereocenters. The fraction of sp³-hybridized carbons (Fsp3) is 0.0492. The van der Waals surface area contributed by atoms with Crippen molar-refractivity contribution < 1.29 is 0 Å². The van der Waals surface area contributed by atoms with Crippen LogP contribution < -0.4 is 9.80 Å². The molecule has 0 saturated carbocycles. The molecule has 304 valence electrons. The molecule has 11 aromatic rings. The number of para-hydroxylation sites is 3. The van der Waals surface area contributed by atoms with E-state index in [4.69, 9.17) is 0 Å². The van der Waals surface area contributed by atoms with E-state index in [9.17, 15) is 0 Å². The average molecular weight is 820 g/mol. The van der Waals surface area contributed by atoms with Crippen LogP contribution in [-0.2, 0) is 5.41 Å². The van der Waals surface area contributed by atoms with Crippen molar-refractivity contribution in [3.8, 4) is 27.9 Å². The van der Waals surface area contributed by atoms with Crippen LogP contribution in [0.5, 0.6) is 0 Å². The molecule has 1 aromatic heterocycles. The predicted molar refractivity (Wildman–Crippen MR) is 271 cm³/mol. The maximum Gasteiger partial charge on any atom is 0.0541 e. The van der Waals surface area contributed by atoms with Gasteiger partial charge < -0.3 is 14.4 Å². The minimum atomic E-state index is -0.127. The summed E-state index contributed by atoms with van der Waals surface area (Å²) in [5, 5.41) is 4.93. The van der Waals surface area contributed by atoms with E-state index in [-0.39, 0.29) is 5.41 Å². The summed E-state index contributed by atoms with van der Waals surface area (Å²) in [5.74, 6) is 0. The van der Waals surface area contributed by atoms with Crippen LogP contribution in [-0.4, -0.2) is 4.57 Å². The first kappa shape index (κ1) is 37.6. The molecule has 0 atom stereocenters. The Kier molecular flexibility index (Phi) is 8.84. The zero-order valence-electron chi connectivity index (χ0n) is 35.9. The summed E-state index contributed by atoms with van der Waals surface area (Å²) in [5.41, 5.74) is 17.9. The predicted octanol–water partition coefficient (Wildman–Crippen LogP) is 16.8. The molecule has 1 aliphatic carbocycles. The van der Waals surface area contributed by atoms with Crippen molar-refractivity contribution in [3.63, 3.8) is 0 Å². The van der Waals surface area contributed by atoms with Crippen LogP contribution >= 0.6 is 0 Å². The molecule has 0 spiro atoms. The maximum atomic E-state index is 2.42. The quantitative estimate of drug-likeness (QED) is 0.151. The van der Waals surface area contributed by atoms with Crippen molar-refractivity contribution in [2.75, 3.05) is 9.80 Å². The Morgan fingerprint density at radius 3 is 1.67 bits per heavy atom. The van der Waals surface area contributed by atoms with E-state index in [2.05, 4.69) is 265 Å². The fourth-order valence-electron chi connectivity index (χ4n) is 10.2. The molecule has 3 nitrogen and oxygen atoms in total. The molecule has 64 heavy (non-hydrogen) atoms. The largest absolute Gasteiger partial charge is 0.310 e. The summed E-state index contributed by atoms with van der Waals surface area (Å²) < 4.78 is 2.37. The summed E-state index contributed by atoms with van der Waals surface area (Å²) in [7, 11) is 0. The van der Waals surface area contributed by atoms with Gasteiger partial charge in [-0.2, -0.15) is 0 Å². The van der Waals surface area contributed by atoms with Gasteiger partial charge in [-0.3, -0.25) is 0 Å². The number of benzene rings is 10. The number of anilines is 6. The minimum Gasteiger partial charge on any atom is -0.310 e. The topological polar surface area (TPSA) is 11.4 Å². The lowest BCUT2D eigenvalue weighted by Crippen LogP contribution is -2.16. The highest BCUT2D eigenvalue weighted by Gasteiger charge is 2.35. The van der Waals surface area contributed by atoms with Crippen LogP contribution in [0.1, 0.15) is 25.0 Å². The number of hydrogen-bond donors (Lipinski definition) is 0. The maximum absolute atomic E-state index is 2.42. The lowest BCUT2D eigenvalue weighted by molar-refractivity contribution is 0.660. The van der Waals surface area contributed by atoms with Crippen molar-refractivity contribution in [1.29, 1.82) is 0 Å². The molecule has 0 N–H and O–H groups in total. The summed E-state index contributed by atoms with van der Waals surface area (Å²) in [4.78, 5) is 4.78. The van der Waals surface area contributed by atoms with Gasteiger partial charge in [0.25, 0.3) is 0 Å². The van der Waals surface area contributed by atoms with E-state index in [0.717, 1.165) is 34.1 Å². The summed E-state index contributed by atoms with van der Waals surface area (Å²) >= 11 is 0. The Morgan fingerprint density at radius 2 is 0.891 bits per heavy atom. The Bertz CT molecular complexity index is 3510. The highest BCUT2D eigenvalue weighted by Crippen LogP contribution is 2.51. The van der Waals surface area contributed by atoms with Gasteiger partial charge in [0.2, 0.25) is 0 Å². The lowest BCUT2D eigenvalue weighted by Gasteiger charge is -2.30. The fourth-order valence-corrected chi connectivity index (χ4v) is 10.2. The summed E-state index contributed by atoms with van der Waals surface area (Å²) in [6.07, 6.45) is 0. The summed E-state index contributed by atoms with van der Waals surface area (Å²) in [6, 6.07) is 86.3. The zero-order chi connectivity index (χ0) is 42.8. The Labute approximate surface area is 374 Å². The molecule has 3 heteroatoms. The standard InChI is InChI=1S/C61H45N3/c1-61(2)56-25-13-11-23-52(56)53-38-37-50(41-57(53)61)62(48-33-35-49(36-34-48)63(45-18-5-3-6-19-45)58-27-15-17-43-16-9-10-22-51(43)58)47-31-28-42(29-32-47)44-30-39-60-55(40-44)54-24-12-14-26-59(54)64(60)46-20-7-4-8-21-46/h3-41H,1-2H3. The van der Waals surface area contributed by atoms with Gasteiger partial charge >= 0.3 is 0 Å². The van der Waals surface area contributed by atoms with E-state index < -0.39 is 0 Å². The lowest BCUT2D eigenvalue weighted by atomic mass is 9.82. The van der Waals surface area contributed by atoms with E-state index in [1.54, 1.807) is 0 Å². The second-order valence-electron chi connectivity index (χ2n) is 17.4. The first-order chi connectivity index (χ1) is 31.5. The van der Waals surface area contributed by atoms with E-state index in [1.807, 2.05) is 0 Å². The Hall–Kier alpha value is -8.14. The smallest absolute Gasteiger partial charge is 0.0541 e. The number of aromatic nitrogens is 1. The van der Waals surface area contributed by atoms with Gasteiger partial charge in [-0.1, -0.05) is 153 Å². The van der Waals surface area contributed by atoms with Gasteiger partial charge in [-0.15, -0.1) is 0 Å². The molecule has 0 saturated heterocycles. The molecule has 12 rings (SSSR count). The zero-order valence-corrected chi connectivity index (χ0v) is 35.9. The average Bonchev–Trinajstić information content (AvgIpc) is 3.80. The van der Waals surface area contributed by atoms with Gasteiger partial charge in [0.05, 0.1) is 16.7 Å². The first-order valence-electron chi connectivity index (χ1n) is 22.2. The highest BCUT2D eigenvalue weighted by atomic mass is 15.2. The van der Waals surface area contributed by atoms with Gasteiger partial charge in [0.15, 0.2) is 0 Å². The monoisotopic (exact) mass is 819 g/mol. The molecule has 10 aromatic carbocycles. The molecule has 0 bridgehead atoms. The SMILES string of the molecule is CC1(C)c2ccccc2-c2ccc(N(c3ccc(-c4ccc5c(c4)c4ccccc4n5-c4ccccc4)cc3)c3ccc(N(c4ccccc4)c4cccc5ccccc45)cc3)cc21. The number of hydrogen-bond acceptors (Lipinski definition) is 2. The Morgan fingerprint density at radius 1 is 0.344 bits per heavy atom. The van der Waals surface area contributed by atoms with Crippen molar-refractivity contribution in [3.05, 3.63) is 248 Å². The second kappa shape index (κ2) is 15.0. The van der Waals surface area contributed by atoms with Crippen LogP contribution in [0.2, 0.25) is 0 Å². The van der Waals surface area contributed by atoms with Gasteiger partial charge in [0.1, 0.15) is 0 Å². The summed E-state index contributed by atoms with van der Waals surface area (Å²) in [6.45, 7) is 4.71. The molecule has 0 radical (unpaired) electrons. The van der Waals surface area contributed by atoms with Crippen molar-refractivity contribution in [2.45, 2.75) is 19.3 Å². The first-order valence-corrected chi connectivity index (χ1v) is 22.2. The van der Waals surface area contributed by atoms with E-state index in [1.165, 1.54) is 71.6 Å². The van der Waals surface area contributed by atoms with Crippen LogP contribution in [0.4, 0.5) is 34.1 Å². The third kappa shape index (κ3) is 6.12.